The second-order valence-electron chi connectivity index (χ2n) is 6.52. The molecule has 0 radical (unpaired) electrons. The first-order chi connectivity index (χ1) is 13.4. The third kappa shape index (κ3) is 3.37. The van der Waals surface area contributed by atoms with Crippen molar-refractivity contribution in [2.24, 2.45) is 0 Å². The van der Waals surface area contributed by atoms with E-state index in [0.29, 0.717) is 15.7 Å². The fourth-order valence-electron chi connectivity index (χ4n) is 3.23. The predicted octanol–water partition coefficient (Wildman–Crippen LogP) is 4.85. The average Bonchev–Trinajstić information content (AvgIpc) is 3.25. The van der Waals surface area contributed by atoms with Crippen LogP contribution in [0.2, 0.25) is 10.0 Å². The van der Waals surface area contributed by atoms with E-state index in [4.69, 9.17) is 23.2 Å². The molecule has 4 aromatic rings. The molecule has 0 aliphatic carbocycles. The van der Waals surface area contributed by atoms with Gasteiger partial charge in [0.2, 0.25) is 5.91 Å². The number of anilines is 1. The summed E-state index contributed by atoms with van der Waals surface area (Å²) in [6, 6.07) is 11.0. The number of carbonyl (C=O) groups excluding carboxylic acids is 1. The number of carbonyl (C=O) groups is 1. The third-order valence-electron chi connectivity index (χ3n) is 4.68. The quantitative estimate of drug-likeness (QED) is 0.501. The molecule has 0 aliphatic rings. The second-order valence-corrected chi connectivity index (χ2v) is 7.34. The number of hydrogen-bond donors (Lipinski definition) is 2. The number of aromatic amines is 1. The van der Waals surface area contributed by atoms with Gasteiger partial charge in [-0.15, -0.1) is 0 Å². The Morgan fingerprint density at radius 1 is 1.18 bits per heavy atom. The number of nitrogens with one attached hydrogen (secondary N) is 2. The van der Waals surface area contributed by atoms with E-state index in [2.05, 4.69) is 20.6 Å². The predicted molar refractivity (Wildman–Crippen MR) is 111 cm³/mol. The van der Waals surface area contributed by atoms with E-state index < -0.39 is 0 Å². The van der Waals surface area contributed by atoms with E-state index in [1.165, 1.54) is 0 Å². The zero-order valence-electron chi connectivity index (χ0n) is 15.3. The van der Waals surface area contributed by atoms with Gasteiger partial charge in [0.1, 0.15) is 0 Å². The zero-order chi connectivity index (χ0) is 19.8. The molecule has 0 unspecified atom stereocenters. The standard InChI is InChI=1S/C20H17Cl2N5O/c1-11-15(12(2)27(26-11)14-6-7-16(21)17(22)8-14)9-19(28)24-18-5-3-4-13-10-23-25-20(13)18/h3-8,10H,9H2,1-2H3,(H,23,25)(H,24,28). The number of H-pyrrole nitrogens is 1. The summed E-state index contributed by atoms with van der Waals surface area (Å²) in [5, 5.41) is 16.3. The van der Waals surface area contributed by atoms with Crippen LogP contribution >= 0.6 is 23.2 Å². The van der Waals surface area contributed by atoms with Crippen molar-refractivity contribution in [1.29, 1.82) is 0 Å². The smallest absolute Gasteiger partial charge is 0.228 e. The molecule has 6 nitrogen and oxygen atoms in total. The molecule has 2 heterocycles. The number of aromatic nitrogens is 4. The zero-order valence-corrected chi connectivity index (χ0v) is 16.8. The van der Waals surface area contributed by atoms with Crippen LogP contribution < -0.4 is 5.32 Å². The lowest BCUT2D eigenvalue weighted by Gasteiger charge is -2.08. The highest BCUT2D eigenvalue weighted by atomic mass is 35.5. The second kappa shape index (κ2) is 7.30. The van der Waals surface area contributed by atoms with Gasteiger partial charge in [0.05, 0.1) is 45.2 Å². The van der Waals surface area contributed by atoms with Gasteiger partial charge >= 0.3 is 0 Å². The Balaban J connectivity index is 1.59. The number of nitrogens with zero attached hydrogens (tertiary/aromatic N) is 3. The molecule has 4 rings (SSSR count). The number of halogens is 2. The molecule has 2 N–H and O–H groups in total. The fraction of sp³-hybridized carbons (Fsp3) is 0.150. The van der Waals surface area contributed by atoms with Gasteiger partial charge in [-0.2, -0.15) is 10.2 Å². The molecule has 1 amide bonds. The highest BCUT2D eigenvalue weighted by Crippen LogP contribution is 2.27. The summed E-state index contributed by atoms with van der Waals surface area (Å²) in [4.78, 5) is 12.7. The topological polar surface area (TPSA) is 75.6 Å². The molecule has 2 aromatic carbocycles. The van der Waals surface area contributed by atoms with Crippen LogP contribution in [-0.4, -0.2) is 25.9 Å². The molecule has 28 heavy (non-hydrogen) atoms. The first-order valence-electron chi connectivity index (χ1n) is 8.66. The number of fused-ring (bicyclic) bond motifs is 1. The van der Waals surface area contributed by atoms with Crippen molar-refractivity contribution in [2.75, 3.05) is 5.32 Å². The van der Waals surface area contributed by atoms with Crippen LogP contribution in [0.15, 0.2) is 42.6 Å². The lowest BCUT2D eigenvalue weighted by Crippen LogP contribution is -2.15. The number of aryl methyl sites for hydroxylation is 1. The van der Waals surface area contributed by atoms with E-state index in [1.54, 1.807) is 23.0 Å². The molecule has 0 atom stereocenters. The summed E-state index contributed by atoms with van der Waals surface area (Å²) >= 11 is 12.1. The van der Waals surface area contributed by atoms with E-state index in [0.717, 1.165) is 33.5 Å². The van der Waals surface area contributed by atoms with E-state index in [1.807, 2.05) is 38.1 Å². The summed E-state index contributed by atoms with van der Waals surface area (Å²) in [6.45, 7) is 3.82. The summed E-state index contributed by atoms with van der Waals surface area (Å²) in [5.74, 6) is -0.123. The van der Waals surface area contributed by atoms with Gasteiger partial charge in [-0.05, 0) is 38.1 Å². The maximum Gasteiger partial charge on any atom is 0.228 e. The van der Waals surface area contributed by atoms with Crippen LogP contribution in [0.5, 0.6) is 0 Å². The van der Waals surface area contributed by atoms with Crippen molar-refractivity contribution in [3.05, 3.63) is 69.6 Å². The van der Waals surface area contributed by atoms with Crippen LogP contribution in [0.1, 0.15) is 17.0 Å². The van der Waals surface area contributed by atoms with E-state index >= 15 is 0 Å². The van der Waals surface area contributed by atoms with Crippen LogP contribution in [0.3, 0.4) is 0 Å². The van der Waals surface area contributed by atoms with Crippen molar-refractivity contribution in [2.45, 2.75) is 20.3 Å². The van der Waals surface area contributed by atoms with E-state index in [-0.39, 0.29) is 12.3 Å². The Morgan fingerprint density at radius 3 is 2.79 bits per heavy atom. The number of benzene rings is 2. The Kier molecular flexibility index (Phi) is 4.83. The van der Waals surface area contributed by atoms with Gasteiger partial charge in [0, 0.05) is 16.6 Å². The van der Waals surface area contributed by atoms with Crippen LogP contribution in [0.4, 0.5) is 5.69 Å². The van der Waals surface area contributed by atoms with Crippen molar-refractivity contribution in [1.82, 2.24) is 20.0 Å². The van der Waals surface area contributed by atoms with Crippen LogP contribution in [0, 0.1) is 13.8 Å². The highest BCUT2D eigenvalue weighted by molar-refractivity contribution is 6.42. The van der Waals surface area contributed by atoms with E-state index in [9.17, 15) is 4.79 Å². The van der Waals surface area contributed by atoms with Gasteiger partial charge in [-0.25, -0.2) is 4.68 Å². The molecule has 2 aromatic heterocycles. The average molecular weight is 414 g/mol. The maximum absolute atomic E-state index is 12.7. The molecule has 0 spiro atoms. The van der Waals surface area contributed by atoms with Gasteiger partial charge in [0.15, 0.2) is 0 Å². The molecular weight excluding hydrogens is 397 g/mol. The normalized spacial score (nSPS) is 11.1. The van der Waals surface area contributed by atoms with Gasteiger partial charge in [-0.1, -0.05) is 35.3 Å². The fourth-order valence-corrected chi connectivity index (χ4v) is 3.52. The molecule has 0 saturated heterocycles. The van der Waals surface area contributed by atoms with Crippen LogP contribution in [-0.2, 0) is 11.2 Å². The number of hydrogen-bond acceptors (Lipinski definition) is 3. The van der Waals surface area contributed by atoms with Crippen molar-refractivity contribution in [3.8, 4) is 5.69 Å². The van der Waals surface area contributed by atoms with Crippen molar-refractivity contribution >= 4 is 45.7 Å². The lowest BCUT2D eigenvalue weighted by atomic mass is 10.1. The molecule has 0 fully saturated rings. The molecule has 142 valence electrons. The summed E-state index contributed by atoms with van der Waals surface area (Å²) < 4.78 is 1.77. The Morgan fingerprint density at radius 2 is 2.00 bits per heavy atom. The Hall–Kier alpha value is -2.83. The largest absolute Gasteiger partial charge is 0.324 e. The summed E-state index contributed by atoms with van der Waals surface area (Å²) in [7, 11) is 0. The molecule has 8 heteroatoms. The molecule has 0 bridgehead atoms. The minimum Gasteiger partial charge on any atom is -0.324 e. The third-order valence-corrected chi connectivity index (χ3v) is 5.42. The van der Waals surface area contributed by atoms with Gasteiger partial charge in [-0.3, -0.25) is 9.89 Å². The van der Waals surface area contributed by atoms with Gasteiger partial charge < -0.3 is 5.32 Å². The summed E-state index contributed by atoms with van der Waals surface area (Å²) in [5.41, 5.74) is 4.84. The monoisotopic (exact) mass is 413 g/mol. The lowest BCUT2D eigenvalue weighted by molar-refractivity contribution is -0.115. The van der Waals surface area contributed by atoms with Crippen molar-refractivity contribution < 1.29 is 4.79 Å². The van der Waals surface area contributed by atoms with Crippen LogP contribution in [0.25, 0.3) is 16.6 Å². The minimum atomic E-state index is -0.123. The molecule has 0 aliphatic heterocycles. The van der Waals surface area contributed by atoms with Gasteiger partial charge in [0.25, 0.3) is 0 Å². The minimum absolute atomic E-state index is 0.123. The first-order valence-corrected chi connectivity index (χ1v) is 9.42. The van der Waals surface area contributed by atoms with Crippen molar-refractivity contribution in [3.63, 3.8) is 0 Å². The Bertz CT molecular complexity index is 1190. The SMILES string of the molecule is Cc1nn(-c2ccc(Cl)c(Cl)c2)c(C)c1CC(=O)Nc1cccc2cn[nH]c12. The highest BCUT2D eigenvalue weighted by Gasteiger charge is 2.17. The molecule has 0 saturated carbocycles. The summed E-state index contributed by atoms with van der Waals surface area (Å²) in [6.07, 6.45) is 1.93. The number of rotatable bonds is 4. The first kappa shape index (κ1) is 18.5. The maximum atomic E-state index is 12.7. The Labute approximate surface area is 171 Å². The number of para-hydroxylation sites is 1. The number of amides is 1. The molecular formula is C20H17Cl2N5O.